The van der Waals surface area contributed by atoms with Crippen LogP contribution in [0.2, 0.25) is 0 Å². The van der Waals surface area contributed by atoms with Gasteiger partial charge in [-0.25, -0.2) is 0 Å². The van der Waals surface area contributed by atoms with Gasteiger partial charge in [0.25, 0.3) is 5.91 Å². The third-order valence-electron chi connectivity index (χ3n) is 6.52. The number of nitrogens with one attached hydrogen (secondary N) is 2. The lowest BCUT2D eigenvalue weighted by Crippen LogP contribution is -2.35. The number of methoxy groups -OCH3 is 1. The first kappa shape index (κ1) is 24.4. The highest BCUT2D eigenvalue weighted by molar-refractivity contribution is 6.10. The Morgan fingerprint density at radius 1 is 1.23 bits per heavy atom. The number of aryl methyl sites for hydroxylation is 1. The largest absolute Gasteiger partial charge is 0.497 e. The van der Waals surface area contributed by atoms with Gasteiger partial charge >= 0.3 is 0 Å². The number of rotatable bonds is 6. The van der Waals surface area contributed by atoms with Gasteiger partial charge in [-0.05, 0) is 86.3 Å². The molecule has 0 atom stereocenters. The number of hydrogen-bond donors (Lipinski definition) is 3. The molecule has 0 radical (unpaired) electrons. The first-order valence-electron chi connectivity index (χ1n) is 11.9. The Hall–Kier alpha value is -3.71. The third kappa shape index (κ3) is 5.35. The molecule has 2 aliphatic rings. The lowest BCUT2D eigenvalue weighted by Gasteiger charge is -2.22. The number of carbonyl (C=O) groups is 1. The number of benzene rings is 2. The summed E-state index contributed by atoms with van der Waals surface area (Å²) in [6.07, 6.45) is 8.15. The van der Waals surface area contributed by atoms with Crippen LogP contribution in [0.15, 0.2) is 59.9 Å². The first-order valence-corrected chi connectivity index (χ1v) is 11.9. The second-order valence-corrected chi connectivity index (χ2v) is 8.92. The second-order valence-electron chi connectivity index (χ2n) is 8.92. The van der Waals surface area contributed by atoms with Crippen LogP contribution in [0, 0.1) is 6.92 Å². The SMILES string of the molecule is C1CNC1.CN=C/C(=C\N)c1cc(C2(NC(=O)c3cc(OC)ccc3C)CC2)c2cccnc2c1. The van der Waals surface area contributed by atoms with E-state index in [4.69, 9.17) is 10.5 Å². The number of aromatic nitrogens is 1. The fourth-order valence-corrected chi connectivity index (χ4v) is 4.12. The molecule has 5 rings (SSSR count). The number of allylic oxidation sites excluding steroid dienone is 1. The van der Waals surface area contributed by atoms with Gasteiger partial charge < -0.3 is 21.1 Å². The number of carbonyl (C=O) groups excluding carboxylic acids is 1. The molecule has 0 spiro atoms. The van der Waals surface area contributed by atoms with Gasteiger partial charge in [0.2, 0.25) is 0 Å². The summed E-state index contributed by atoms with van der Waals surface area (Å²) in [5.74, 6) is 0.551. The number of fused-ring (bicyclic) bond motifs is 1. The molecule has 3 aromatic rings. The minimum atomic E-state index is -0.438. The Morgan fingerprint density at radius 2 is 1.97 bits per heavy atom. The Balaban J connectivity index is 0.000000656. The van der Waals surface area contributed by atoms with Crippen molar-refractivity contribution in [2.45, 2.75) is 31.7 Å². The number of amides is 1. The van der Waals surface area contributed by atoms with E-state index in [1.807, 2.05) is 37.3 Å². The maximum atomic E-state index is 13.2. The van der Waals surface area contributed by atoms with E-state index in [0.29, 0.717) is 11.3 Å². The zero-order valence-electron chi connectivity index (χ0n) is 20.6. The summed E-state index contributed by atoms with van der Waals surface area (Å²) < 4.78 is 5.31. The molecule has 35 heavy (non-hydrogen) atoms. The summed E-state index contributed by atoms with van der Waals surface area (Å²) in [5.41, 5.74) is 10.6. The molecule has 2 fully saturated rings. The molecule has 4 N–H and O–H groups in total. The highest BCUT2D eigenvalue weighted by Crippen LogP contribution is 2.48. The predicted molar refractivity (Wildman–Crippen MR) is 142 cm³/mol. The van der Waals surface area contributed by atoms with E-state index in [2.05, 4.69) is 26.7 Å². The van der Waals surface area contributed by atoms with Crippen LogP contribution < -0.4 is 21.1 Å². The van der Waals surface area contributed by atoms with Crippen LogP contribution in [-0.2, 0) is 5.54 Å². The summed E-state index contributed by atoms with van der Waals surface area (Å²) in [4.78, 5) is 21.9. The Morgan fingerprint density at radius 3 is 2.57 bits per heavy atom. The Labute approximate surface area is 206 Å². The standard InChI is InChI=1S/C25H26N4O2.C3H7N/c1-16-6-7-19(31-3)13-21(16)24(30)29-25(8-9-25)22-11-17(18(14-26)15-27-2)12-23-20(22)5-4-10-28-23;1-2-4-3-1/h4-7,10-15H,8-9,26H2,1-3H3,(H,29,30);4H,1-3H2/b18-14+,27-15?;. The van der Waals surface area contributed by atoms with Crippen molar-refractivity contribution in [1.82, 2.24) is 15.6 Å². The maximum absolute atomic E-state index is 13.2. The second kappa shape index (κ2) is 10.7. The summed E-state index contributed by atoms with van der Waals surface area (Å²) in [6.45, 7) is 4.43. The van der Waals surface area contributed by atoms with Crippen LogP contribution in [0.4, 0.5) is 0 Å². The van der Waals surface area contributed by atoms with E-state index in [1.54, 1.807) is 38.8 Å². The van der Waals surface area contributed by atoms with Gasteiger partial charge in [-0.2, -0.15) is 0 Å². The predicted octanol–water partition coefficient (Wildman–Crippen LogP) is 3.95. The van der Waals surface area contributed by atoms with Crippen molar-refractivity contribution in [3.63, 3.8) is 0 Å². The highest BCUT2D eigenvalue weighted by atomic mass is 16.5. The van der Waals surface area contributed by atoms with Crippen LogP contribution in [0.5, 0.6) is 5.75 Å². The fourth-order valence-electron chi connectivity index (χ4n) is 4.12. The zero-order chi connectivity index (χ0) is 24.8. The van der Waals surface area contributed by atoms with Crippen molar-refractivity contribution in [2.24, 2.45) is 10.7 Å². The molecule has 1 aliphatic heterocycles. The average Bonchev–Trinajstić information content (AvgIpc) is 3.61. The quantitative estimate of drug-likeness (QED) is 0.473. The Bertz CT molecular complexity index is 1270. The minimum Gasteiger partial charge on any atom is -0.497 e. The van der Waals surface area contributed by atoms with E-state index in [9.17, 15) is 4.79 Å². The van der Waals surface area contributed by atoms with Crippen LogP contribution in [0.3, 0.4) is 0 Å². The van der Waals surface area contributed by atoms with Crippen molar-refractivity contribution in [3.8, 4) is 5.75 Å². The number of aliphatic imine (C=N–C) groups is 1. The molecule has 182 valence electrons. The average molecular weight is 472 g/mol. The molecule has 0 unspecified atom stereocenters. The van der Waals surface area contributed by atoms with Gasteiger partial charge in [-0.1, -0.05) is 12.1 Å². The molecule has 2 heterocycles. The normalized spacial score (nSPS) is 16.3. The van der Waals surface area contributed by atoms with Gasteiger partial charge in [0.05, 0.1) is 18.2 Å². The van der Waals surface area contributed by atoms with Gasteiger partial charge in [0, 0.05) is 42.2 Å². The summed E-state index contributed by atoms with van der Waals surface area (Å²) >= 11 is 0. The van der Waals surface area contributed by atoms with E-state index in [1.165, 1.54) is 19.5 Å². The van der Waals surface area contributed by atoms with Gasteiger partial charge in [-0.3, -0.25) is 14.8 Å². The topological polar surface area (TPSA) is 102 Å². The lowest BCUT2D eigenvalue weighted by molar-refractivity contribution is 0.0930. The van der Waals surface area contributed by atoms with Crippen molar-refractivity contribution >= 4 is 28.6 Å². The summed E-state index contributed by atoms with van der Waals surface area (Å²) in [5, 5.41) is 7.43. The highest BCUT2D eigenvalue weighted by Gasteiger charge is 2.47. The fraction of sp³-hybridized carbons (Fsp3) is 0.321. The molecule has 7 nitrogen and oxygen atoms in total. The van der Waals surface area contributed by atoms with Gasteiger partial charge in [-0.15, -0.1) is 0 Å². The van der Waals surface area contributed by atoms with Crippen molar-refractivity contribution < 1.29 is 9.53 Å². The van der Waals surface area contributed by atoms with Crippen LogP contribution in [0.1, 0.15) is 46.3 Å². The molecule has 1 amide bonds. The van der Waals surface area contributed by atoms with Gasteiger partial charge in [0.15, 0.2) is 0 Å². The smallest absolute Gasteiger partial charge is 0.252 e. The summed E-state index contributed by atoms with van der Waals surface area (Å²) in [6, 6.07) is 13.6. The molecule has 7 heteroatoms. The zero-order valence-corrected chi connectivity index (χ0v) is 20.6. The first-order chi connectivity index (χ1) is 17.0. The number of nitrogens with zero attached hydrogens (tertiary/aromatic N) is 2. The number of pyridine rings is 1. The molecular formula is C28H33N5O2. The number of ether oxygens (including phenoxy) is 1. The van der Waals surface area contributed by atoms with E-state index in [-0.39, 0.29) is 5.91 Å². The molecule has 1 saturated carbocycles. The third-order valence-corrected chi connectivity index (χ3v) is 6.52. The van der Waals surface area contributed by atoms with Crippen LogP contribution >= 0.6 is 0 Å². The van der Waals surface area contributed by atoms with E-state index >= 15 is 0 Å². The lowest BCUT2D eigenvalue weighted by atomic mass is 9.93. The molecule has 1 aromatic heterocycles. The van der Waals surface area contributed by atoms with E-state index < -0.39 is 5.54 Å². The van der Waals surface area contributed by atoms with E-state index in [0.717, 1.165) is 46.0 Å². The molecular weight excluding hydrogens is 438 g/mol. The molecule has 0 bridgehead atoms. The monoisotopic (exact) mass is 471 g/mol. The van der Waals surface area contributed by atoms with Crippen molar-refractivity contribution in [3.05, 3.63) is 77.1 Å². The van der Waals surface area contributed by atoms with Crippen molar-refractivity contribution in [2.75, 3.05) is 27.2 Å². The molecule has 1 aliphatic carbocycles. The molecule has 2 aromatic carbocycles. The van der Waals surface area contributed by atoms with Gasteiger partial charge in [0.1, 0.15) is 5.75 Å². The Kier molecular flexibility index (Phi) is 7.46. The van der Waals surface area contributed by atoms with Crippen molar-refractivity contribution in [1.29, 1.82) is 0 Å². The number of nitrogens with two attached hydrogens (primary N) is 1. The van der Waals surface area contributed by atoms with Crippen LogP contribution in [-0.4, -0.2) is 44.4 Å². The minimum absolute atomic E-state index is 0.110. The molecule has 1 saturated heterocycles. The van der Waals surface area contributed by atoms with Crippen LogP contribution in [0.25, 0.3) is 16.5 Å². The number of hydrogen-bond acceptors (Lipinski definition) is 6. The summed E-state index contributed by atoms with van der Waals surface area (Å²) in [7, 11) is 3.31. The maximum Gasteiger partial charge on any atom is 0.252 e.